The number of alkyl halides is 3. The first kappa shape index (κ1) is 16.3. The molecule has 0 aliphatic heterocycles. The van der Waals surface area contributed by atoms with E-state index in [0.717, 1.165) is 16.8 Å². The molecule has 3 N–H and O–H groups in total. The van der Waals surface area contributed by atoms with Gasteiger partial charge in [0.2, 0.25) is 5.91 Å². The Morgan fingerprint density at radius 2 is 1.96 bits per heavy atom. The van der Waals surface area contributed by atoms with Gasteiger partial charge < -0.3 is 10.3 Å². The fourth-order valence-electron chi connectivity index (χ4n) is 1.65. The van der Waals surface area contributed by atoms with Crippen molar-refractivity contribution in [1.29, 1.82) is 0 Å². The number of aromatic nitrogens is 3. The topological polar surface area (TPSA) is 117 Å². The van der Waals surface area contributed by atoms with Crippen molar-refractivity contribution in [3.63, 3.8) is 0 Å². The van der Waals surface area contributed by atoms with Crippen LogP contribution in [0.5, 0.6) is 0 Å². The number of rotatable bonds is 3. The number of carbonyl (C=O) groups is 1. The maximum Gasteiger partial charge on any atom is 0.417 e. The molecule has 1 amide bonds. The van der Waals surface area contributed by atoms with E-state index in [4.69, 9.17) is 0 Å². The fourth-order valence-corrected chi connectivity index (χ4v) is 1.65. The summed E-state index contributed by atoms with van der Waals surface area (Å²) in [7, 11) is 0. The van der Waals surface area contributed by atoms with E-state index in [0.29, 0.717) is 12.3 Å². The Labute approximate surface area is 124 Å². The quantitative estimate of drug-likeness (QED) is 0.727. The number of aromatic amines is 2. The number of nitrogens with zero attached hydrogens (tertiary/aromatic N) is 1. The van der Waals surface area contributed by atoms with Gasteiger partial charge in [0.05, 0.1) is 5.56 Å². The molecule has 2 rings (SSSR count). The summed E-state index contributed by atoms with van der Waals surface area (Å²) in [6.07, 6.45) is -3.18. The van der Waals surface area contributed by atoms with Gasteiger partial charge in [-0.05, 0) is 6.07 Å². The Bertz CT molecular complexity index is 910. The van der Waals surface area contributed by atoms with Gasteiger partial charge in [0, 0.05) is 18.5 Å². The summed E-state index contributed by atoms with van der Waals surface area (Å²) < 4.78 is 38.5. The van der Waals surface area contributed by atoms with Crippen LogP contribution < -0.4 is 22.1 Å². The van der Waals surface area contributed by atoms with E-state index in [-0.39, 0.29) is 0 Å². The molecular formula is C12H9F3N4O4. The Hall–Kier alpha value is -3.11. The van der Waals surface area contributed by atoms with Crippen LogP contribution in [0.1, 0.15) is 5.56 Å². The predicted octanol–water partition coefficient (Wildman–Crippen LogP) is -0.118. The van der Waals surface area contributed by atoms with Crippen molar-refractivity contribution in [2.24, 2.45) is 0 Å². The molecule has 2 aromatic heterocycles. The highest BCUT2D eigenvalue weighted by molar-refractivity contribution is 5.90. The average molecular weight is 330 g/mol. The second-order valence-electron chi connectivity index (χ2n) is 4.42. The number of nitrogens with one attached hydrogen (secondary N) is 3. The molecule has 0 spiro atoms. The standard InChI is InChI=1S/C12H9F3N4O4/c13-12(14,15)6-3-7(10(22)16-4-6)17-9(21)5-19-2-1-8(20)18-11(19)23/h1-4H,5H2,(H,16,22)(H,17,21)(H,18,20,23). The summed E-state index contributed by atoms with van der Waals surface area (Å²) in [5.74, 6) is -0.913. The fraction of sp³-hybridized carbons (Fsp3) is 0.167. The first-order chi connectivity index (χ1) is 10.7. The SMILES string of the molecule is O=C(Cn1ccc(=O)[nH]c1=O)Nc1cc(C(F)(F)F)c[nH]c1=O. The lowest BCUT2D eigenvalue weighted by Gasteiger charge is -2.09. The van der Waals surface area contributed by atoms with Gasteiger partial charge in [0.15, 0.2) is 0 Å². The zero-order valence-electron chi connectivity index (χ0n) is 11.2. The van der Waals surface area contributed by atoms with E-state index in [2.05, 4.69) is 0 Å². The maximum absolute atomic E-state index is 12.6. The summed E-state index contributed by atoms with van der Waals surface area (Å²) >= 11 is 0. The molecule has 0 bridgehead atoms. The second kappa shape index (κ2) is 5.94. The minimum absolute atomic E-state index is 0.477. The number of halogens is 3. The van der Waals surface area contributed by atoms with Crippen LogP contribution in [0.25, 0.3) is 0 Å². The van der Waals surface area contributed by atoms with Crippen LogP contribution in [-0.4, -0.2) is 20.4 Å². The molecule has 0 aliphatic carbocycles. The van der Waals surface area contributed by atoms with Gasteiger partial charge in [-0.3, -0.25) is 23.9 Å². The number of hydrogen-bond donors (Lipinski definition) is 3. The van der Waals surface area contributed by atoms with Crippen LogP contribution in [0.3, 0.4) is 0 Å². The van der Waals surface area contributed by atoms with Crippen molar-refractivity contribution in [1.82, 2.24) is 14.5 Å². The number of pyridine rings is 1. The van der Waals surface area contributed by atoms with Gasteiger partial charge in [0.25, 0.3) is 11.1 Å². The van der Waals surface area contributed by atoms with E-state index in [1.807, 2.05) is 15.3 Å². The molecule has 0 unspecified atom stereocenters. The molecule has 122 valence electrons. The van der Waals surface area contributed by atoms with Crippen molar-refractivity contribution in [2.75, 3.05) is 5.32 Å². The monoisotopic (exact) mass is 330 g/mol. The Balaban J connectivity index is 2.22. The highest BCUT2D eigenvalue weighted by Crippen LogP contribution is 2.29. The molecule has 11 heteroatoms. The second-order valence-corrected chi connectivity index (χ2v) is 4.42. The number of amides is 1. The third-order valence-corrected chi connectivity index (χ3v) is 2.72. The molecule has 0 aromatic carbocycles. The number of H-pyrrole nitrogens is 2. The zero-order chi connectivity index (χ0) is 17.2. The lowest BCUT2D eigenvalue weighted by molar-refractivity contribution is -0.137. The average Bonchev–Trinajstić information content (AvgIpc) is 2.43. The summed E-state index contributed by atoms with van der Waals surface area (Å²) in [6.45, 7) is -0.592. The lowest BCUT2D eigenvalue weighted by atomic mass is 10.2. The summed E-state index contributed by atoms with van der Waals surface area (Å²) in [5.41, 5.74) is -4.22. The zero-order valence-corrected chi connectivity index (χ0v) is 11.2. The van der Waals surface area contributed by atoms with Gasteiger partial charge in [-0.1, -0.05) is 0 Å². The van der Waals surface area contributed by atoms with Gasteiger partial charge >= 0.3 is 11.9 Å². The molecular weight excluding hydrogens is 321 g/mol. The largest absolute Gasteiger partial charge is 0.417 e. The van der Waals surface area contributed by atoms with Gasteiger partial charge in [0.1, 0.15) is 12.2 Å². The van der Waals surface area contributed by atoms with Crippen LogP contribution in [0, 0.1) is 0 Å². The summed E-state index contributed by atoms with van der Waals surface area (Å²) in [5, 5.41) is 1.98. The third kappa shape index (κ3) is 3.96. The number of carbonyl (C=O) groups excluding carboxylic acids is 1. The molecule has 23 heavy (non-hydrogen) atoms. The van der Waals surface area contributed by atoms with Crippen LogP contribution in [0.2, 0.25) is 0 Å². The highest BCUT2D eigenvalue weighted by atomic mass is 19.4. The highest BCUT2D eigenvalue weighted by Gasteiger charge is 2.31. The first-order valence-corrected chi connectivity index (χ1v) is 6.06. The molecule has 0 radical (unpaired) electrons. The van der Waals surface area contributed by atoms with Crippen molar-refractivity contribution in [3.05, 3.63) is 61.3 Å². The van der Waals surface area contributed by atoms with Crippen molar-refractivity contribution in [2.45, 2.75) is 12.7 Å². The molecule has 0 atom stereocenters. The van der Waals surface area contributed by atoms with Gasteiger partial charge in [-0.25, -0.2) is 4.79 Å². The Morgan fingerprint density at radius 1 is 1.26 bits per heavy atom. The molecule has 8 nitrogen and oxygen atoms in total. The maximum atomic E-state index is 12.6. The van der Waals surface area contributed by atoms with Crippen LogP contribution in [-0.2, 0) is 17.5 Å². The molecule has 2 aromatic rings. The Morgan fingerprint density at radius 3 is 2.57 bits per heavy atom. The minimum atomic E-state index is -4.69. The van der Waals surface area contributed by atoms with Crippen LogP contribution >= 0.6 is 0 Å². The van der Waals surface area contributed by atoms with Crippen LogP contribution in [0.15, 0.2) is 38.9 Å². The minimum Gasteiger partial charge on any atom is -0.327 e. The summed E-state index contributed by atoms with van der Waals surface area (Å²) in [4.78, 5) is 49.2. The normalized spacial score (nSPS) is 11.3. The van der Waals surface area contributed by atoms with E-state index < -0.39 is 46.7 Å². The molecule has 0 saturated heterocycles. The Kier molecular flexibility index (Phi) is 4.20. The van der Waals surface area contributed by atoms with E-state index in [1.165, 1.54) is 0 Å². The predicted molar refractivity (Wildman–Crippen MR) is 72.0 cm³/mol. The first-order valence-electron chi connectivity index (χ1n) is 6.06. The molecule has 0 saturated carbocycles. The van der Waals surface area contributed by atoms with Crippen molar-refractivity contribution in [3.8, 4) is 0 Å². The molecule has 2 heterocycles. The van der Waals surface area contributed by atoms with E-state index in [1.54, 1.807) is 0 Å². The summed E-state index contributed by atoms with van der Waals surface area (Å²) in [6, 6.07) is 1.47. The van der Waals surface area contributed by atoms with E-state index in [9.17, 15) is 32.3 Å². The van der Waals surface area contributed by atoms with Gasteiger partial charge in [-0.2, -0.15) is 13.2 Å². The van der Waals surface area contributed by atoms with Crippen molar-refractivity contribution >= 4 is 11.6 Å². The number of hydrogen-bond acceptors (Lipinski definition) is 4. The van der Waals surface area contributed by atoms with Crippen molar-refractivity contribution < 1.29 is 18.0 Å². The smallest absolute Gasteiger partial charge is 0.327 e. The lowest BCUT2D eigenvalue weighted by Crippen LogP contribution is -2.33. The molecule has 0 aliphatic rings. The molecule has 0 fully saturated rings. The number of anilines is 1. The van der Waals surface area contributed by atoms with Crippen LogP contribution in [0.4, 0.5) is 18.9 Å². The van der Waals surface area contributed by atoms with E-state index >= 15 is 0 Å². The van der Waals surface area contributed by atoms with Gasteiger partial charge in [-0.15, -0.1) is 0 Å². The third-order valence-electron chi connectivity index (χ3n) is 2.72.